The van der Waals surface area contributed by atoms with E-state index in [0.29, 0.717) is 59.9 Å². The van der Waals surface area contributed by atoms with Crippen LogP contribution in [0.25, 0.3) is 0 Å². The van der Waals surface area contributed by atoms with Crippen LogP contribution >= 0.6 is 0 Å². The molecule has 485 valence electrons. The van der Waals surface area contributed by atoms with E-state index in [-0.39, 0.29) is 54.2 Å². The molecule has 2 aliphatic carbocycles. The quantitative estimate of drug-likeness (QED) is 0.0529. The summed E-state index contributed by atoms with van der Waals surface area (Å²) in [6.45, 7) is 12.7. The van der Waals surface area contributed by atoms with Gasteiger partial charge in [0.25, 0.3) is 0 Å². The second kappa shape index (κ2) is 33.5. The number of aliphatic carboxylic acids is 1. The van der Waals surface area contributed by atoms with Gasteiger partial charge in [0, 0.05) is 76.7 Å². The van der Waals surface area contributed by atoms with Crippen molar-refractivity contribution in [2.24, 2.45) is 11.8 Å². The predicted molar refractivity (Wildman–Crippen MR) is 322 cm³/mol. The number of rotatable bonds is 19. The Labute approximate surface area is 547 Å². The number of carbonyl (C=O) groups excluding carboxylic acids is 4. The number of ether oxygens (including phenoxy) is 10. The Hall–Kier alpha value is -5.75. The molecule has 4 N–H and O–H groups in total. The van der Waals surface area contributed by atoms with E-state index in [4.69, 9.17) is 47.4 Å². The molecule has 10 rings (SSSR count). The number of nitrogens with zero attached hydrogens (tertiary/aromatic N) is 2. The summed E-state index contributed by atoms with van der Waals surface area (Å²) in [5.41, 5.74) is 6.03. The maximum absolute atomic E-state index is 13.0. The van der Waals surface area contributed by atoms with Crippen LogP contribution in [0.2, 0.25) is 0 Å². The molecule has 0 saturated carbocycles. The van der Waals surface area contributed by atoms with Crippen molar-refractivity contribution < 1.29 is 124 Å². The fourth-order valence-electron chi connectivity index (χ4n) is 13.2. The summed E-state index contributed by atoms with van der Waals surface area (Å²) in [4.78, 5) is 66.8. The Balaban J connectivity index is 0.000000281. The van der Waals surface area contributed by atoms with Crippen LogP contribution in [0, 0.1) is 11.8 Å². The van der Waals surface area contributed by atoms with E-state index in [1.54, 1.807) is 0 Å². The van der Waals surface area contributed by atoms with Crippen LogP contribution < -0.4 is 18.9 Å². The van der Waals surface area contributed by atoms with E-state index < -0.39 is 91.3 Å². The molecule has 1 radical (unpaired) electrons. The van der Waals surface area contributed by atoms with E-state index in [0.717, 1.165) is 138 Å². The number of methoxy groups -OCH3 is 1. The molecule has 4 aromatic rings. The molecule has 4 fully saturated rings. The summed E-state index contributed by atoms with van der Waals surface area (Å²) in [7, 11) is 1.15. The summed E-state index contributed by atoms with van der Waals surface area (Å²) in [6, 6.07) is 28.1. The number of aliphatic hydroxyl groups excluding tert-OH is 3. The molecular weight excluding hydrogens is 1230 g/mol. The average molecular weight is 1320 g/mol. The Morgan fingerprint density at radius 3 is 1.43 bits per heavy atom. The minimum atomic E-state index is -1.78. The first-order chi connectivity index (χ1) is 41.5. The topological polar surface area (TPSA) is 265 Å². The number of carbonyl (C=O) groups is 5. The smallest absolute Gasteiger partial charge is 0.339 e. The maximum Gasteiger partial charge on any atom is 0.339 e. The van der Waals surface area contributed by atoms with Crippen molar-refractivity contribution in [3.05, 3.63) is 118 Å². The number of hydrogen-bond acceptors (Lipinski definition) is 20. The first-order valence-electron chi connectivity index (χ1n) is 30.1. The molecule has 0 amide bonds. The molecule has 0 bridgehead atoms. The Bertz CT molecular complexity index is 2970. The first kappa shape index (κ1) is 72.3. The number of hydrogen-bond donors (Lipinski definition) is 4. The third-order valence-electron chi connectivity index (χ3n) is 17.1. The summed E-state index contributed by atoms with van der Waals surface area (Å²) in [5, 5.41) is 40.6. The van der Waals surface area contributed by atoms with Crippen molar-refractivity contribution in [1.82, 2.24) is 9.80 Å². The molecule has 4 aromatic carbocycles. The van der Waals surface area contributed by atoms with Crippen LogP contribution in [-0.4, -0.2) is 167 Å². The van der Waals surface area contributed by atoms with Gasteiger partial charge in [0.15, 0.2) is 47.4 Å². The molecule has 1 unspecified atom stereocenters. The third-order valence-corrected chi connectivity index (χ3v) is 17.1. The Morgan fingerprint density at radius 1 is 0.551 bits per heavy atom. The van der Waals surface area contributed by atoms with Gasteiger partial charge in [-0.25, -0.2) is 9.59 Å². The molecule has 4 heterocycles. The number of carboxylic acid groups (broad SMARTS) is 1. The summed E-state index contributed by atoms with van der Waals surface area (Å²) in [6.07, 6.45) is -6.11. The average Bonchev–Trinajstić information content (AvgIpc) is 2.64. The fraction of sp³-hybridized carbons (Fsp3) is 0.567. The van der Waals surface area contributed by atoms with Crippen LogP contribution in [0.15, 0.2) is 84.9 Å². The van der Waals surface area contributed by atoms with Crippen molar-refractivity contribution in [2.45, 2.75) is 200 Å². The number of benzene rings is 4. The van der Waals surface area contributed by atoms with Crippen LogP contribution in [0.5, 0.6) is 23.0 Å². The van der Waals surface area contributed by atoms with Gasteiger partial charge in [0.05, 0.1) is 7.11 Å². The summed E-state index contributed by atoms with van der Waals surface area (Å²) < 4.78 is 58.6. The molecule has 6 aliphatic rings. The number of esters is 4. The van der Waals surface area contributed by atoms with E-state index >= 15 is 0 Å². The summed E-state index contributed by atoms with van der Waals surface area (Å²) >= 11 is 0. The second-order valence-corrected chi connectivity index (χ2v) is 23.1. The standard InChI is InChI=1S/C36H45NO11.C29H37NO8.2CH4.Y/c1-6-16-37-17-10-13-26-18-27-25(19-28(26)37)14-15-29(43-20-24-11-8-7-9-12-24)30(27)47-36-34(46-23(4)40)32(45-22(3)39)31(44-21(2)38)33(48-36)35(41)42-5;1-2-12-30-13-6-9-19-14-20-18(15-21(19)30)10-11-22(36-16-17-7-4-3-5-8-17)26(20)37-29-25(33)23(31)24(32)27(38-29)28(34)35;;;/h7-9,11-12,14-15,26,28,31-34,36H,6,10,13,16-20H2,1-5H3;3-5,7-8,10-11,19,21,23-25,27,29,31-33H,2,6,9,12-16H2,1H3,(H,34,35);2*1H4;/t26-,28-,31+,32+,33?,34-,36-;19-,21-,23+,24+,25-,27+,29-;;;/m11.../s1. The molecule has 0 aromatic heterocycles. The number of aliphatic hydroxyl groups is 3. The fourth-order valence-corrected chi connectivity index (χ4v) is 13.2. The van der Waals surface area contributed by atoms with Crippen LogP contribution in [0.3, 0.4) is 0 Å². The van der Waals surface area contributed by atoms with Gasteiger partial charge in [-0.1, -0.05) is 101 Å². The van der Waals surface area contributed by atoms with Gasteiger partial charge in [-0.3, -0.25) is 24.2 Å². The SMILES string of the molecule is C.C.CCCN1CCC[C@@H]2Cc3c(ccc(OCc4ccccc4)c3O[C@@H]3OC(C(=O)OC)[C@@H](OC(C)=O)[C@H](OC(C)=O)[C@H]3OC(C)=O)C[C@H]21.CCCN1CCC[C@@H]2Cc3c(ccc(OCc4ccccc4)c3O[C@@H]3O[C@H](C(=O)O)[C@@H](O)[C@H](O)[C@H]3O)C[C@H]21.[Y]. The minimum Gasteiger partial charge on any atom is -0.485 e. The molecule has 0 spiro atoms. The van der Waals surface area contributed by atoms with Crippen molar-refractivity contribution >= 4 is 29.8 Å². The number of likely N-dealkylation sites (tertiary alicyclic amines) is 2. The largest absolute Gasteiger partial charge is 0.485 e. The van der Waals surface area contributed by atoms with Gasteiger partial charge in [0.1, 0.15) is 31.5 Å². The number of fused-ring (bicyclic) bond motifs is 4. The molecule has 89 heavy (non-hydrogen) atoms. The zero-order valence-corrected chi connectivity index (χ0v) is 53.2. The van der Waals surface area contributed by atoms with E-state index in [1.165, 1.54) is 6.92 Å². The molecular formula is C67H90N2O19Y. The van der Waals surface area contributed by atoms with E-state index in [2.05, 4.69) is 35.8 Å². The molecule has 22 heteroatoms. The van der Waals surface area contributed by atoms with Gasteiger partial charge in [-0.2, -0.15) is 0 Å². The van der Waals surface area contributed by atoms with Gasteiger partial charge in [-0.15, -0.1) is 0 Å². The maximum atomic E-state index is 13.0. The van der Waals surface area contributed by atoms with Crippen molar-refractivity contribution in [3.8, 4) is 23.0 Å². The summed E-state index contributed by atoms with van der Waals surface area (Å²) in [5.74, 6) is -2.14. The van der Waals surface area contributed by atoms with E-state index in [9.17, 15) is 44.4 Å². The molecule has 4 saturated heterocycles. The van der Waals surface area contributed by atoms with E-state index in [1.807, 2.05) is 72.8 Å². The second-order valence-electron chi connectivity index (χ2n) is 23.1. The van der Waals surface area contributed by atoms with Crippen molar-refractivity contribution in [1.29, 1.82) is 0 Å². The van der Waals surface area contributed by atoms with Crippen molar-refractivity contribution in [2.75, 3.05) is 33.3 Å². The van der Waals surface area contributed by atoms with Gasteiger partial charge < -0.3 is 67.8 Å². The third kappa shape index (κ3) is 17.4. The zero-order valence-electron chi connectivity index (χ0n) is 50.4. The molecule has 14 atom stereocenters. The van der Waals surface area contributed by atoms with Gasteiger partial charge in [0.2, 0.25) is 18.7 Å². The van der Waals surface area contributed by atoms with Gasteiger partial charge >= 0.3 is 29.8 Å². The number of carboxylic acids is 1. The number of piperidine rings is 2. The minimum absolute atomic E-state index is 0. The Kier molecular flexibility index (Phi) is 27.2. The molecule has 21 nitrogen and oxygen atoms in total. The van der Waals surface area contributed by atoms with Crippen LogP contribution in [0.1, 0.15) is 121 Å². The molecule has 4 aliphatic heterocycles. The zero-order chi connectivity index (χ0) is 61.2. The van der Waals surface area contributed by atoms with Crippen LogP contribution in [0.4, 0.5) is 0 Å². The Morgan fingerprint density at radius 2 is 0.989 bits per heavy atom. The van der Waals surface area contributed by atoms with Gasteiger partial charge in [-0.05, 0) is 137 Å². The first-order valence-corrected chi connectivity index (χ1v) is 30.1. The van der Waals surface area contributed by atoms with Crippen LogP contribution in [-0.2, 0) is 124 Å². The van der Waals surface area contributed by atoms with Crippen molar-refractivity contribution in [3.63, 3.8) is 0 Å². The monoisotopic (exact) mass is 1320 g/mol. The predicted octanol–water partition coefficient (Wildman–Crippen LogP) is 7.32. The normalized spacial score (nSPS) is 27.7.